The second-order valence-corrected chi connectivity index (χ2v) is 4.47. The van der Waals surface area contributed by atoms with Crippen molar-refractivity contribution in [2.24, 2.45) is 5.73 Å². The lowest BCUT2D eigenvalue weighted by Gasteiger charge is -2.25. The fraction of sp³-hybridized carbons (Fsp3) is 0.385. The molecule has 4 N–H and O–H groups in total. The third kappa shape index (κ3) is 2.54. The van der Waals surface area contributed by atoms with Crippen LogP contribution >= 0.6 is 0 Å². The fourth-order valence-corrected chi connectivity index (χ4v) is 2.05. The molecule has 18 heavy (non-hydrogen) atoms. The van der Waals surface area contributed by atoms with Gasteiger partial charge >= 0.3 is 0 Å². The van der Waals surface area contributed by atoms with E-state index in [4.69, 9.17) is 16.7 Å². The molecule has 0 saturated heterocycles. The Hall–Kier alpha value is -2.22. The molecule has 0 radical (unpaired) electrons. The van der Waals surface area contributed by atoms with Gasteiger partial charge in [0.15, 0.2) is 0 Å². The first-order valence-electron chi connectivity index (χ1n) is 5.96. The van der Waals surface area contributed by atoms with Crippen molar-refractivity contribution in [3.05, 3.63) is 23.8 Å². The molecule has 94 valence electrons. The highest BCUT2D eigenvalue weighted by atomic mass is 16.1. The Morgan fingerprint density at radius 1 is 1.50 bits per heavy atom. The molecule has 2 rings (SSSR count). The van der Waals surface area contributed by atoms with E-state index >= 15 is 0 Å². The van der Waals surface area contributed by atoms with Crippen molar-refractivity contribution in [3.63, 3.8) is 0 Å². The Morgan fingerprint density at radius 2 is 2.22 bits per heavy atom. The molecule has 5 heteroatoms. The van der Waals surface area contributed by atoms with Gasteiger partial charge < -0.3 is 16.4 Å². The maximum atomic E-state index is 11.4. The molecule has 1 amide bonds. The normalized spacial score (nSPS) is 13.9. The van der Waals surface area contributed by atoms with Gasteiger partial charge in [0.2, 0.25) is 0 Å². The van der Waals surface area contributed by atoms with E-state index in [1.165, 1.54) is 0 Å². The van der Waals surface area contributed by atoms with Crippen molar-refractivity contribution in [1.82, 2.24) is 0 Å². The maximum Gasteiger partial charge on any atom is 0.250 e. The van der Waals surface area contributed by atoms with Crippen LogP contribution < -0.4 is 16.4 Å². The van der Waals surface area contributed by atoms with Crippen LogP contribution in [-0.4, -0.2) is 18.5 Å². The van der Waals surface area contributed by atoms with Crippen LogP contribution in [-0.2, 0) is 0 Å². The molecule has 0 aromatic heterocycles. The number of carbonyl (C=O) groups is 1. The number of anilines is 2. The summed E-state index contributed by atoms with van der Waals surface area (Å²) in [5.74, 6) is -0.465. The zero-order valence-electron chi connectivity index (χ0n) is 10.1. The molecule has 0 aliphatic heterocycles. The molecule has 1 aromatic carbocycles. The van der Waals surface area contributed by atoms with Gasteiger partial charge in [-0.1, -0.05) is 0 Å². The number of nitrogen functional groups attached to an aromatic ring is 1. The smallest absolute Gasteiger partial charge is 0.250 e. The largest absolute Gasteiger partial charge is 0.399 e. The lowest BCUT2D eigenvalue weighted by atomic mass is 10.1. The second-order valence-electron chi connectivity index (χ2n) is 4.47. The molecule has 0 atom stereocenters. The lowest BCUT2D eigenvalue weighted by Crippen LogP contribution is -2.29. The molecule has 1 aliphatic carbocycles. The van der Waals surface area contributed by atoms with E-state index < -0.39 is 5.91 Å². The van der Waals surface area contributed by atoms with Gasteiger partial charge in [-0.25, -0.2) is 0 Å². The van der Waals surface area contributed by atoms with E-state index in [2.05, 4.69) is 11.0 Å². The zero-order chi connectivity index (χ0) is 13.1. The molecule has 0 bridgehead atoms. The third-order valence-corrected chi connectivity index (χ3v) is 3.05. The van der Waals surface area contributed by atoms with E-state index in [0.717, 1.165) is 18.5 Å². The van der Waals surface area contributed by atoms with Crippen molar-refractivity contribution < 1.29 is 4.79 Å². The minimum Gasteiger partial charge on any atom is -0.399 e. The number of benzene rings is 1. The Labute approximate surface area is 106 Å². The summed E-state index contributed by atoms with van der Waals surface area (Å²) in [5, 5.41) is 8.70. The highest BCUT2D eigenvalue weighted by Crippen LogP contribution is 2.34. The minimum atomic E-state index is -0.465. The van der Waals surface area contributed by atoms with Gasteiger partial charge in [0.1, 0.15) is 0 Å². The van der Waals surface area contributed by atoms with E-state index in [9.17, 15) is 4.79 Å². The molecule has 0 heterocycles. The molecule has 5 nitrogen and oxygen atoms in total. The maximum absolute atomic E-state index is 11.4. The van der Waals surface area contributed by atoms with Crippen LogP contribution in [0.5, 0.6) is 0 Å². The number of nitrogens with two attached hydrogens (primary N) is 2. The second kappa shape index (κ2) is 4.96. The molecule has 0 unspecified atom stereocenters. The van der Waals surface area contributed by atoms with Crippen molar-refractivity contribution in [2.75, 3.05) is 17.2 Å². The first-order valence-corrected chi connectivity index (χ1v) is 5.96. The molecule has 1 fully saturated rings. The minimum absolute atomic E-state index is 0.401. The van der Waals surface area contributed by atoms with Crippen LogP contribution in [0.4, 0.5) is 11.4 Å². The predicted octanol–water partition coefficient (Wildman–Crippen LogP) is 1.25. The van der Waals surface area contributed by atoms with Crippen LogP contribution in [0.2, 0.25) is 0 Å². The predicted molar refractivity (Wildman–Crippen MR) is 70.0 cm³/mol. The highest BCUT2D eigenvalue weighted by molar-refractivity contribution is 5.99. The SMILES string of the molecule is N#CCCN(c1cc(N)ccc1C(N)=O)C1CC1. The van der Waals surface area contributed by atoms with Crippen LogP contribution in [0.15, 0.2) is 18.2 Å². The number of hydrogen-bond donors (Lipinski definition) is 2. The van der Waals surface area contributed by atoms with Crippen molar-refractivity contribution in [1.29, 1.82) is 5.26 Å². The Morgan fingerprint density at radius 3 is 2.78 bits per heavy atom. The first-order chi connectivity index (χ1) is 8.63. The van der Waals surface area contributed by atoms with E-state index in [1.54, 1.807) is 18.2 Å². The topological polar surface area (TPSA) is 96.1 Å². The van der Waals surface area contributed by atoms with Crippen LogP contribution in [0.25, 0.3) is 0 Å². The van der Waals surface area contributed by atoms with Gasteiger partial charge in [0.05, 0.1) is 23.7 Å². The number of nitriles is 1. The Balaban J connectivity index is 2.36. The standard InChI is InChI=1S/C13H16N4O/c14-6-1-7-17(10-3-4-10)12-8-9(15)2-5-11(12)13(16)18/h2,5,8,10H,1,3-4,7,15H2,(H2,16,18). The number of carbonyl (C=O) groups excluding carboxylic acids is 1. The van der Waals surface area contributed by atoms with Gasteiger partial charge in [-0.15, -0.1) is 0 Å². The number of amides is 1. The first kappa shape index (κ1) is 12.2. The van der Waals surface area contributed by atoms with Gasteiger partial charge in [-0.3, -0.25) is 4.79 Å². The lowest BCUT2D eigenvalue weighted by molar-refractivity contribution is 0.100. The van der Waals surface area contributed by atoms with Gasteiger partial charge in [0.25, 0.3) is 5.91 Å². The zero-order valence-corrected chi connectivity index (χ0v) is 10.1. The Bertz CT molecular complexity index is 502. The summed E-state index contributed by atoms with van der Waals surface area (Å²) in [7, 11) is 0. The fourth-order valence-electron chi connectivity index (χ4n) is 2.05. The van der Waals surface area contributed by atoms with E-state index in [0.29, 0.717) is 30.3 Å². The summed E-state index contributed by atoms with van der Waals surface area (Å²) < 4.78 is 0. The summed E-state index contributed by atoms with van der Waals surface area (Å²) >= 11 is 0. The third-order valence-electron chi connectivity index (χ3n) is 3.05. The summed E-state index contributed by atoms with van der Waals surface area (Å²) in [6.45, 7) is 0.602. The summed E-state index contributed by atoms with van der Waals surface area (Å²) in [6.07, 6.45) is 2.58. The van der Waals surface area contributed by atoms with Gasteiger partial charge in [-0.2, -0.15) is 5.26 Å². The molecular formula is C13H16N4O. The van der Waals surface area contributed by atoms with Crippen LogP contribution in [0, 0.1) is 11.3 Å². The summed E-state index contributed by atoms with van der Waals surface area (Å²) in [4.78, 5) is 13.5. The van der Waals surface area contributed by atoms with Gasteiger partial charge in [0, 0.05) is 18.3 Å². The summed E-state index contributed by atoms with van der Waals surface area (Å²) in [5.41, 5.74) is 13.0. The molecule has 1 aromatic rings. The number of rotatable bonds is 5. The van der Waals surface area contributed by atoms with Crippen molar-refractivity contribution in [2.45, 2.75) is 25.3 Å². The average Bonchev–Trinajstić information content (AvgIpc) is 3.13. The van der Waals surface area contributed by atoms with Crippen molar-refractivity contribution >= 4 is 17.3 Å². The molecular weight excluding hydrogens is 228 g/mol. The van der Waals surface area contributed by atoms with Crippen LogP contribution in [0.3, 0.4) is 0 Å². The highest BCUT2D eigenvalue weighted by Gasteiger charge is 2.30. The van der Waals surface area contributed by atoms with Crippen molar-refractivity contribution in [3.8, 4) is 6.07 Å². The van der Waals surface area contributed by atoms with Gasteiger partial charge in [-0.05, 0) is 31.0 Å². The molecule has 0 spiro atoms. The molecule has 1 aliphatic rings. The number of nitrogens with zero attached hydrogens (tertiary/aromatic N) is 2. The average molecular weight is 244 g/mol. The monoisotopic (exact) mass is 244 g/mol. The van der Waals surface area contributed by atoms with Crippen LogP contribution in [0.1, 0.15) is 29.6 Å². The number of primary amides is 1. The molecule has 1 saturated carbocycles. The summed E-state index contributed by atoms with van der Waals surface area (Å²) in [6, 6.07) is 7.60. The van der Waals surface area contributed by atoms with E-state index in [1.807, 2.05) is 0 Å². The van der Waals surface area contributed by atoms with E-state index in [-0.39, 0.29) is 0 Å². The quantitative estimate of drug-likeness (QED) is 0.762. The Kier molecular flexibility index (Phi) is 3.38. The number of hydrogen-bond acceptors (Lipinski definition) is 4.